The molecule has 2 bridgehead atoms. The zero-order chi connectivity index (χ0) is 36.8. The van der Waals surface area contributed by atoms with Crippen molar-refractivity contribution in [2.24, 2.45) is 16.7 Å². The quantitative estimate of drug-likeness (QED) is 0.120. The van der Waals surface area contributed by atoms with Crippen molar-refractivity contribution >= 4 is 168 Å². The molecule has 49 heavy (non-hydrogen) atoms. The Hall–Kier alpha value is 7.41. The molecule has 5 rings (SSSR count). The van der Waals surface area contributed by atoms with E-state index in [2.05, 4.69) is 126 Å². The molecule has 4 fully saturated rings. The summed E-state index contributed by atoms with van der Waals surface area (Å²) in [5.74, 6) is -0.598. The van der Waals surface area contributed by atoms with Gasteiger partial charge in [-0.3, -0.25) is 0 Å². The lowest BCUT2D eigenvalue weighted by molar-refractivity contribution is -0.339. The second-order valence-corrected chi connectivity index (χ2v) is 86.0. The van der Waals surface area contributed by atoms with Crippen molar-refractivity contribution in [3.63, 3.8) is 0 Å². The predicted octanol–water partition coefficient (Wildman–Crippen LogP) is 13.0. The SMILES string of the molecule is CC1=C2C(O)C[C@]3(C)C(OP(P(P)P)P(P)P)CC4OCC4(O)C3C3OC(=O)OC3(CC1OP(P(P)P(P)P)P(P(P)P)P(P)P)C2(C)C. The van der Waals surface area contributed by atoms with Gasteiger partial charge in [0.1, 0.15) is 5.60 Å². The van der Waals surface area contributed by atoms with Gasteiger partial charge in [-0.25, -0.2) is 4.79 Å². The van der Waals surface area contributed by atoms with Crippen LogP contribution in [0.1, 0.15) is 47.0 Å². The first-order chi connectivity index (χ1) is 22.5. The van der Waals surface area contributed by atoms with E-state index >= 15 is 0 Å². The fourth-order valence-corrected chi connectivity index (χ4v) is 137. The van der Waals surface area contributed by atoms with Gasteiger partial charge in [0.2, 0.25) is 0 Å². The van der Waals surface area contributed by atoms with Crippen molar-refractivity contribution in [1.82, 2.24) is 0 Å². The molecular formula is C21H50O8P20. The van der Waals surface area contributed by atoms with E-state index < -0.39 is 116 Å². The molecule has 28 heteroatoms. The maximum atomic E-state index is 13.6. The highest BCUT2D eigenvalue weighted by Gasteiger charge is 2.77. The average molecular weight is 1050 g/mol. The van der Waals surface area contributed by atoms with Gasteiger partial charge in [0, 0.05) is 43.6 Å². The molecule has 0 aromatic carbocycles. The van der Waals surface area contributed by atoms with E-state index in [9.17, 15) is 15.0 Å². The summed E-state index contributed by atoms with van der Waals surface area (Å²) >= 11 is 0. The third kappa shape index (κ3) is 8.88. The number of rotatable bonds is 11. The lowest BCUT2D eigenvalue weighted by Gasteiger charge is -2.67. The Balaban J connectivity index is 1.69. The van der Waals surface area contributed by atoms with E-state index in [1.165, 1.54) is 0 Å². The Morgan fingerprint density at radius 1 is 0.837 bits per heavy atom. The van der Waals surface area contributed by atoms with Crippen LogP contribution in [-0.2, 0) is 23.3 Å². The normalized spacial score (nSPS) is 39.9. The highest BCUT2D eigenvalue weighted by atomic mass is 33.2. The molecule has 5 aliphatic rings. The summed E-state index contributed by atoms with van der Waals surface area (Å²) in [5, 5.41) is 25.2. The molecule has 2 saturated heterocycles. The highest BCUT2D eigenvalue weighted by Crippen LogP contribution is 3.17. The van der Waals surface area contributed by atoms with E-state index in [0.717, 1.165) is 11.1 Å². The molecule has 0 aromatic heterocycles. The first kappa shape index (κ1) is 47.5. The minimum Gasteiger partial charge on any atom is -0.426 e. The van der Waals surface area contributed by atoms with Crippen LogP contribution in [-0.4, -0.2) is 64.7 Å². The monoisotopic (exact) mass is 1050 g/mol. The second-order valence-electron chi connectivity index (χ2n) is 13.6. The smallest absolute Gasteiger partial charge is 0.426 e. The molecular weight excluding hydrogens is 1000 g/mol. The molecule has 1 spiro atoms. The summed E-state index contributed by atoms with van der Waals surface area (Å²) in [6, 6.07) is 0. The van der Waals surface area contributed by atoms with Gasteiger partial charge >= 0.3 is 6.16 Å². The molecule has 0 amide bonds. The van der Waals surface area contributed by atoms with E-state index in [-0.39, 0.29) is 18.8 Å². The lowest BCUT2D eigenvalue weighted by Crippen LogP contribution is -2.78. The molecule has 0 aromatic rings. The van der Waals surface area contributed by atoms with E-state index in [1.807, 2.05) is 0 Å². The molecule has 282 valence electrons. The zero-order valence-electron chi connectivity index (χ0n) is 27.5. The number of hydrogen-bond donors (Lipinski definition) is 2. The maximum absolute atomic E-state index is 13.6. The number of aliphatic hydroxyl groups is 2. The largest absolute Gasteiger partial charge is 0.509 e. The number of fused-ring (bicyclic) bond motifs is 5. The van der Waals surface area contributed by atoms with Crippen molar-refractivity contribution in [2.75, 3.05) is 6.61 Å². The van der Waals surface area contributed by atoms with Crippen LogP contribution in [0.2, 0.25) is 0 Å². The van der Waals surface area contributed by atoms with Gasteiger partial charge in [0.05, 0.1) is 46.1 Å². The molecule has 2 aliphatic heterocycles. The van der Waals surface area contributed by atoms with Gasteiger partial charge in [0.25, 0.3) is 0 Å². The van der Waals surface area contributed by atoms with Gasteiger partial charge in [-0.15, -0.1) is 89.3 Å². The van der Waals surface area contributed by atoms with E-state index in [1.54, 1.807) is 0 Å². The number of carbonyl (C=O) groups excluding carboxylic acids is 1. The molecule has 21 unspecified atom stereocenters. The van der Waals surface area contributed by atoms with Gasteiger partial charge < -0.3 is 33.5 Å². The number of aliphatic hydroxyl groups excluding tert-OH is 1. The fraction of sp³-hybridized carbons (Fsp3) is 0.857. The van der Waals surface area contributed by atoms with E-state index in [0.29, 0.717) is 19.3 Å². The average Bonchev–Trinajstić information content (AvgIpc) is 3.28. The Bertz CT molecular complexity index is 1280. The van der Waals surface area contributed by atoms with Crippen molar-refractivity contribution in [3.8, 4) is 0 Å². The second kappa shape index (κ2) is 18.4. The van der Waals surface area contributed by atoms with Crippen molar-refractivity contribution < 1.29 is 38.3 Å². The van der Waals surface area contributed by atoms with Crippen LogP contribution in [0, 0.1) is 16.7 Å². The van der Waals surface area contributed by atoms with Gasteiger partial charge in [-0.05, 0) is 59.4 Å². The van der Waals surface area contributed by atoms with Crippen LogP contribution in [0.3, 0.4) is 0 Å². The number of ether oxygens (including phenoxy) is 3. The Kier molecular flexibility index (Phi) is 17.8. The first-order valence-corrected chi connectivity index (χ1v) is 49.6. The van der Waals surface area contributed by atoms with Crippen molar-refractivity contribution in [3.05, 3.63) is 11.1 Å². The topological polar surface area (TPSA) is 104 Å². The van der Waals surface area contributed by atoms with Crippen LogP contribution < -0.4 is 0 Å². The molecule has 22 atom stereocenters. The minimum absolute atomic E-state index is 0.137. The van der Waals surface area contributed by atoms with E-state index in [4.69, 9.17) is 23.3 Å². The summed E-state index contributed by atoms with van der Waals surface area (Å²) in [6.07, 6.45) is -2.36. The zero-order valence-corrected chi connectivity index (χ0v) is 48.3. The van der Waals surface area contributed by atoms with Crippen LogP contribution in [0.4, 0.5) is 4.79 Å². The molecule has 2 heterocycles. The standard InChI is InChI=1S/C21H50O8P20/c1-9-11(28-42(48(40)45(34)35)49(46(36)37)47(38)39)7-21-16(26-17(23)27-21)15-19(4,6-10(22)14(9)18(21,2)3)12(5-13-20(15,24)8-25-13)29-41(43(30)31)44(32)33/h10-13,15-16,22,24H,5-8,30-40H2,1-4H3/t10?,11?,12?,13?,15?,16?,19-,20?,21?,42?,48?/m1/s1. The molecule has 2 N–H and O–H groups in total. The summed E-state index contributed by atoms with van der Waals surface area (Å²) in [4.78, 5) is 13.6. The third-order valence-electron chi connectivity index (χ3n) is 10.6. The predicted molar refractivity (Wildman–Crippen MR) is 266 cm³/mol. The van der Waals surface area contributed by atoms with Crippen molar-refractivity contribution in [1.29, 1.82) is 0 Å². The highest BCUT2D eigenvalue weighted by molar-refractivity contribution is 9.19. The lowest BCUT2D eigenvalue weighted by atomic mass is 9.45. The van der Waals surface area contributed by atoms with Crippen LogP contribution in [0.5, 0.6) is 0 Å². The summed E-state index contributed by atoms with van der Waals surface area (Å²) in [6.45, 7) is 5.14. The maximum Gasteiger partial charge on any atom is 0.509 e. The molecule has 3 aliphatic carbocycles. The van der Waals surface area contributed by atoms with Crippen molar-refractivity contribution in [2.45, 2.75) is 88.7 Å². The molecule has 0 radical (unpaired) electrons. The Morgan fingerprint density at radius 3 is 1.92 bits per heavy atom. The Morgan fingerprint density at radius 2 is 1.43 bits per heavy atom. The Labute approximate surface area is 327 Å². The molecule has 2 saturated carbocycles. The van der Waals surface area contributed by atoms with Gasteiger partial charge in [-0.2, -0.15) is 0 Å². The van der Waals surface area contributed by atoms with Crippen LogP contribution in [0.15, 0.2) is 11.1 Å². The summed E-state index contributed by atoms with van der Waals surface area (Å²) < 4.78 is 33.5. The number of hydrogen-bond acceptors (Lipinski definition) is 8. The number of carbonyl (C=O) groups is 1. The van der Waals surface area contributed by atoms with Crippen LogP contribution in [0.25, 0.3) is 0 Å². The van der Waals surface area contributed by atoms with Gasteiger partial charge in [-0.1, -0.05) is 29.7 Å². The first-order valence-electron chi connectivity index (χ1n) is 14.9. The minimum atomic E-state index is -1.27. The van der Waals surface area contributed by atoms with Crippen LogP contribution >= 0.6 is 162 Å². The van der Waals surface area contributed by atoms with Gasteiger partial charge in [0.15, 0.2) is 11.7 Å². The summed E-state index contributed by atoms with van der Waals surface area (Å²) in [5.41, 5.74) is -2.15. The third-order valence-corrected chi connectivity index (χ3v) is 104. The fourth-order valence-electron chi connectivity index (χ4n) is 8.51. The summed E-state index contributed by atoms with van der Waals surface area (Å²) in [7, 11) is 31.5. The molecule has 8 nitrogen and oxygen atoms in total.